The maximum absolute atomic E-state index is 15.1. The first kappa shape index (κ1) is 30.0. The van der Waals surface area contributed by atoms with Crippen molar-refractivity contribution in [2.75, 3.05) is 44.4 Å². The molecule has 0 aliphatic carbocycles. The minimum atomic E-state index is -4.91. The summed E-state index contributed by atoms with van der Waals surface area (Å²) in [7, 11) is 3.65. The van der Waals surface area contributed by atoms with Gasteiger partial charge in [0.25, 0.3) is 0 Å². The number of hydrogen-bond acceptors (Lipinski definition) is 6. The number of likely N-dealkylation sites (N-methyl/N-ethyl adjacent to an activating group) is 1. The Labute approximate surface area is 243 Å². The van der Waals surface area contributed by atoms with Gasteiger partial charge in [0.05, 0.1) is 17.1 Å². The Morgan fingerprint density at radius 2 is 1.83 bits per heavy atom. The van der Waals surface area contributed by atoms with E-state index in [0.29, 0.717) is 12.6 Å². The van der Waals surface area contributed by atoms with Crippen molar-refractivity contribution in [1.82, 2.24) is 19.4 Å². The molecule has 1 fully saturated rings. The Balaban J connectivity index is 1.84. The largest absolute Gasteiger partial charge is 0.417 e. The van der Waals surface area contributed by atoms with Crippen LogP contribution in [0.1, 0.15) is 25.5 Å². The fourth-order valence-corrected chi connectivity index (χ4v) is 7.43. The normalized spacial score (nSPS) is 20.9. The van der Waals surface area contributed by atoms with E-state index in [2.05, 4.69) is 11.6 Å². The lowest BCUT2D eigenvalue weighted by Crippen LogP contribution is -2.58. The third kappa shape index (κ3) is 5.17. The van der Waals surface area contributed by atoms with Crippen LogP contribution in [-0.2, 0) is 11.0 Å². The van der Waals surface area contributed by atoms with E-state index in [0.717, 1.165) is 30.0 Å². The van der Waals surface area contributed by atoms with Crippen LogP contribution >= 0.6 is 11.8 Å². The van der Waals surface area contributed by atoms with E-state index in [1.807, 2.05) is 32.8 Å². The number of rotatable bonds is 5. The number of thioether (sulfide) groups is 1. The van der Waals surface area contributed by atoms with Crippen molar-refractivity contribution in [3.63, 3.8) is 0 Å². The minimum absolute atomic E-state index is 0.0691. The molecule has 2 aliphatic heterocycles. The second kappa shape index (κ2) is 11.0. The molecular formula is C29H30F5N5O2S. The van der Waals surface area contributed by atoms with Crippen LogP contribution in [0.25, 0.3) is 22.0 Å². The number of piperazine rings is 1. The summed E-state index contributed by atoms with van der Waals surface area (Å²) < 4.78 is 74.5. The second-order valence-electron chi connectivity index (χ2n) is 11.0. The van der Waals surface area contributed by atoms with Crippen LogP contribution in [0, 0.1) is 11.6 Å². The van der Waals surface area contributed by atoms with Gasteiger partial charge in [0.15, 0.2) is 0 Å². The van der Waals surface area contributed by atoms with Gasteiger partial charge in [-0.3, -0.25) is 9.36 Å². The van der Waals surface area contributed by atoms with Crippen molar-refractivity contribution in [2.24, 2.45) is 0 Å². The smallest absolute Gasteiger partial charge is 0.352 e. The summed E-state index contributed by atoms with van der Waals surface area (Å²) >= 11 is 1.11. The molecule has 0 N–H and O–H groups in total. The molecule has 0 bridgehead atoms. The van der Waals surface area contributed by atoms with Gasteiger partial charge in [-0.15, -0.1) is 11.8 Å². The molecule has 7 nitrogen and oxygen atoms in total. The summed E-state index contributed by atoms with van der Waals surface area (Å²) in [6.07, 6.45) is -3.70. The molecule has 2 aliphatic rings. The van der Waals surface area contributed by atoms with E-state index < -0.39 is 46.2 Å². The first-order valence-corrected chi connectivity index (χ1v) is 14.3. The number of alkyl halides is 3. The lowest BCUT2D eigenvalue weighted by Gasteiger charge is -2.45. The molecule has 1 saturated heterocycles. The van der Waals surface area contributed by atoms with Gasteiger partial charge >= 0.3 is 11.9 Å². The highest BCUT2D eigenvalue weighted by Gasteiger charge is 2.41. The first-order valence-electron chi connectivity index (χ1n) is 13.4. The quantitative estimate of drug-likeness (QED) is 0.294. The summed E-state index contributed by atoms with van der Waals surface area (Å²) in [4.78, 5) is 35.8. The zero-order valence-corrected chi connectivity index (χ0v) is 24.3. The lowest BCUT2D eigenvalue weighted by atomic mass is 9.95. The van der Waals surface area contributed by atoms with Gasteiger partial charge in [-0.1, -0.05) is 6.58 Å². The van der Waals surface area contributed by atoms with Gasteiger partial charge in [0.1, 0.15) is 17.5 Å². The molecular weight excluding hydrogens is 577 g/mol. The summed E-state index contributed by atoms with van der Waals surface area (Å²) in [5, 5.41) is 0.0991. The van der Waals surface area contributed by atoms with Crippen LogP contribution in [0.4, 0.5) is 27.8 Å². The maximum Gasteiger partial charge on any atom is 0.417 e. The van der Waals surface area contributed by atoms with E-state index in [1.165, 1.54) is 10.6 Å². The number of carbonyl (C=O) groups is 1. The van der Waals surface area contributed by atoms with Crippen LogP contribution in [0.3, 0.4) is 0 Å². The molecule has 2 aromatic carbocycles. The fourth-order valence-electron chi connectivity index (χ4n) is 6.11. The van der Waals surface area contributed by atoms with Gasteiger partial charge in [-0.25, -0.2) is 13.6 Å². The molecule has 3 atom stereocenters. The van der Waals surface area contributed by atoms with E-state index in [4.69, 9.17) is 0 Å². The Morgan fingerprint density at radius 3 is 2.40 bits per heavy atom. The van der Waals surface area contributed by atoms with Crippen LogP contribution in [-0.4, -0.2) is 76.8 Å². The summed E-state index contributed by atoms with van der Waals surface area (Å²) in [6, 6.07) is 2.25. The third-order valence-electron chi connectivity index (χ3n) is 7.66. The number of aromatic nitrogens is 2. The Morgan fingerprint density at radius 1 is 1.17 bits per heavy atom. The van der Waals surface area contributed by atoms with Crippen molar-refractivity contribution in [3.8, 4) is 11.1 Å². The maximum atomic E-state index is 15.1. The van der Waals surface area contributed by atoms with Crippen molar-refractivity contribution in [3.05, 3.63) is 64.6 Å². The number of amides is 1. The predicted octanol–water partition coefficient (Wildman–Crippen LogP) is 5.18. The molecule has 0 saturated carbocycles. The van der Waals surface area contributed by atoms with Crippen molar-refractivity contribution in [1.29, 1.82) is 0 Å². The van der Waals surface area contributed by atoms with E-state index in [9.17, 15) is 27.2 Å². The van der Waals surface area contributed by atoms with Crippen LogP contribution < -0.4 is 10.6 Å². The highest BCUT2D eigenvalue weighted by molar-refractivity contribution is 7.99. The van der Waals surface area contributed by atoms with Crippen LogP contribution in [0.15, 0.2) is 46.6 Å². The number of nitrogens with zero attached hydrogens (tertiary/aromatic N) is 5. The Hall–Kier alpha value is -3.45. The highest BCUT2D eigenvalue weighted by Crippen LogP contribution is 2.50. The summed E-state index contributed by atoms with van der Waals surface area (Å²) in [5.74, 6) is -2.01. The standard InChI is InChI=1S/C29H30F5N5O2S/c1-6-23(40)38-15(2)11-37(12-16(38)3)27-20-10-21(29(32,33)34)24(19-8-7-17(30)9-22(19)31)26-25(20)39(28(41)35-27)18(14-42-26)13-36(4)5/h6-10,15-16,18H,1,11-14H2,2-5H3/t15-,16+,18-/m0/s1. The SMILES string of the molecule is C=CC(=O)N1[C@H](C)CN(c2nc(=O)n3c4c(c(-c5ccc(F)cc5F)c(C(F)(F)F)cc24)SC[C@@H]3CN(C)C)C[C@@H]1C. The lowest BCUT2D eigenvalue weighted by molar-refractivity contribution is -0.137. The second-order valence-corrected chi connectivity index (χ2v) is 12.0. The molecule has 3 heterocycles. The molecule has 5 rings (SSSR count). The number of carbonyl (C=O) groups excluding carboxylic acids is 1. The van der Waals surface area contributed by atoms with Gasteiger partial charge < -0.3 is 14.7 Å². The Bertz CT molecular complexity index is 1630. The molecule has 1 aromatic heterocycles. The van der Waals surface area contributed by atoms with Gasteiger partial charge in [0.2, 0.25) is 5.91 Å². The minimum Gasteiger partial charge on any atom is -0.352 e. The number of anilines is 1. The van der Waals surface area contributed by atoms with Gasteiger partial charge in [0, 0.05) is 64.9 Å². The average molecular weight is 608 g/mol. The molecule has 3 aromatic rings. The van der Waals surface area contributed by atoms with Crippen molar-refractivity contribution in [2.45, 2.75) is 43.0 Å². The number of hydrogen-bond donors (Lipinski definition) is 0. The number of benzene rings is 2. The van der Waals surface area contributed by atoms with Crippen LogP contribution in [0.5, 0.6) is 0 Å². The average Bonchev–Trinajstić information content (AvgIpc) is 2.89. The molecule has 42 heavy (non-hydrogen) atoms. The zero-order valence-electron chi connectivity index (χ0n) is 23.5. The molecule has 1 amide bonds. The fraction of sp³-hybridized carbons (Fsp3) is 0.414. The highest BCUT2D eigenvalue weighted by atomic mass is 32.2. The Kier molecular flexibility index (Phi) is 7.86. The predicted molar refractivity (Wildman–Crippen MR) is 153 cm³/mol. The molecule has 0 spiro atoms. The summed E-state index contributed by atoms with van der Waals surface area (Å²) in [5.41, 5.74) is -2.36. The monoisotopic (exact) mass is 607 g/mol. The summed E-state index contributed by atoms with van der Waals surface area (Å²) in [6.45, 7) is 8.02. The van der Waals surface area contributed by atoms with Gasteiger partial charge in [-0.2, -0.15) is 18.2 Å². The third-order valence-corrected chi connectivity index (χ3v) is 8.90. The van der Waals surface area contributed by atoms with E-state index >= 15 is 4.39 Å². The van der Waals surface area contributed by atoms with Crippen LogP contribution in [0.2, 0.25) is 0 Å². The molecule has 224 valence electrons. The first-order chi connectivity index (χ1) is 19.7. The van der Waals surface area contributed by atoms with Gasteiger partial charge in [-0.05, 0) is 52.2 Å². The molecule has 0 unspecified atom stereocenters. The van der Waals surface area contributed by atoms with E-state index in [1.54, 1.807) is 9.80 Å². The van der Waals surface area contributed by atoms with Crippen molar-refractivity contribution >= 4 is 34.4 Å². The topological polar surface area (TPSA) is 61.7 Å². The molecule has 0 radical (unpaired) electrons. The number of halogens is 5. The zero-order chi connectivity index (χ0) is 30.7. The molecule has 13 heteroatoms. The van der Waals surface area contributed by atoms with Crippen molar-refractivity contribution < 1.29 is 26.7 Å². The van der Waals surface area contributed by atoms with E-state index in [-0.39, 0.29) is 58.4 Å².